The smallest absolute Gasteiger partial charge is 0.410 e. The van der Waals surface area contributed by atoms with Crippen LogP contribution in [-0.2, 0) is 4.74 Å². The Hall–Kier alpha value is -2.93. The van der Waals surface area contributed by atoms with Crippen molar-refractivity contribution in [2.45, 2.75) is 56.8 Å². The Bertz CT molecular complexity index is 964. The molecule has 1 aromatic heterocycles. The molecule has 0 radical (unpaired) electrons. The number of carbonyl (C=O) groups excluding carboxylic acids is 2. The summed E-state index contributed by atoms with van der Waals surface area (Å²) < 4.78 is 5.90. The zero-order valence-electron chi connectivity index (χ0n) is 19.0. The van der Waals surface area contributed by atoms with Gasteiger partial charge in [0.1, 0.15) is 11.3 Å². The number of aromatic nitrogens is 1. The third kappa shape index (κ3) is 4.48. The predicted octanol–water partition coefficient (Wildman–Crippen LogP) is 4.03. The Morgan fingerprint density at radius 1 is 1.12 bits per heavy atom. The topological polar surface area (TPSA) is 83.0 Å². The molecule has 7 nitrogen and oxygen atoms in total. The lowest BCUT2D eigenvalue weighted by molar-refractivity contribution is -0.0908. The summed E-state index contributed by atoms with van der Waals surface area (Å²) in [6, 6.07) is 11.6. The average Bonchev–Trinajstić information content (AvgIpc) is 2.80. The highest BCUT2D eigenvalue weighted by molar-refractivity contribution is 5.92. The van der Waals surface area contributed by atoms with E-state index in [1.807, 2.05) is 37.3 Å². The van der Waals surface area contributed by atoms with Gasteiger partial charge in [-0.3, -0.25) is 9.78 Å². The number of nitrogens with zero attached hydrogens (tertiary/aromatic N) is 3. The minimum atomic E-state index is -0.399. The maximum absolute atomic E-state index is 12.8. The van der Waals surface area contributed by atoms with Gasteiger partial charge in [0.05, 0.1) is 12.1 Å². The van der Waals surface area contributed by atoms with Crippen molar-refractivity contribution in [2.75, 3.05) is 20.6 Å². The van der Waals surface area contributed by atoms with E-state index in [-0.39, 0.29) is 24.1 Å². The average molecular weight is 438 g/mol. The van der Waals surface area contributed by atoms with Crippen LogP contribution in [0.1, 0.15) is 61.1 Å². The second kappa shape index (κ2) is 8.90. The third-order valence-corrected chi connectivity index (χ3v) is 6.80. The lowest BCUT2D eigenvalue weighted by atomic mass is 9.80. The fourth-order valence-corrected chi connectivity index (χ4v) is 4.60. The van der Waals surface area contributed by atoms with Crippen molar-refractivity contribution < 1.29 is 19.4 Å². The van der Waals surface area contributed by atoms with Crippen LogP contribution >= 0.6 is 0 Å². The van der Waals surface area contributed by atoms with Crippen LogP contribution in [0.3, 0.4) is 0 Å². The fraction of sp³-hybridized carbons (Fsp3) is 0.480. The summed E-state index contributed by atoms with van der Waals surface area (Å²) in [4.78, 5) is 32.4. The third-order valence-electron chi connectivity index (χ3n) is 6.80. The summed E-state index contributed by atoms with van der Waals surface area (Å²) in [5.41, 5.74) is 2.98. The van der Waals surface area contributed by atoms with E-state index in [1.54, 1.807) is 31.3 Å². The molecule has 2 fully saturated rings. The van der Waals surface area contributed by atoms with Gasteiger partial charge in [-0.25, -0.2) is 4.79 Å². The molecule has 2 heterocycles. The number of pyridine rings is 1. The van der Waals surface area contributed by atoms with Crippen LogP contribution in [0.2, 0.25) is 0 Å². The zero-order chi connectivity index (χ0) is 22.9. The molecule has 1 saturated carbocycles. The first-order valence-corrected chi connectivity index (χ1v) is 11.2. The van der Waals surface area contributed by atoms with Crippen LogP contribution in [0.4, 0.5) is 4.79 Å². The van der Waals surface area contributed by atoms with Gasteiger partial charge < -0.3 is 19.6 Å². The Morgan fingerprint density at radius 2 is 1.78 bits per heavy atom. The van der Waals surface area contributed by atoms with E-state index in [2.05, 4.69) is 4.98 Å². The molecule has 2 amide bonds. The first-order valence-electron chi connectivity index (χ1n) is 11.2. The van der Waals surface area contributed by atoms with Crippen molar-refractivity contribution in [3.63, 3.8) is 0 Å². The summed E-state index contributed by atoms with van der Waals surface area (Å²) in [5, 5.41) is 9.77. The number of aliphatic hydroxyl groups excluding tert-OH is 1. The maximum atomic E-state index is 12.8. The van der Waals surface area contributed by atoms with E-state index >= 15 is 0 Å². The van der Waals surface area contributed by atoms with E-state index in [4.69, 9.17) is 4.74 Å². The Morgan fingerprint density at radius 3 is 2.34 bits per heavy atom. The van der Waals surface area contributed by atoms with Gasteiger partial charge in [0.15, 0.2) is 0 Å². The van der Waals surface area contributed by atoms with E-state index in [1.165, 1.54) is 4.90 Å². The van der Waals surface area contributed by atoms with Crippen molar-refractivity contribution in [1.82, 2.24) is 14.8 Å². The number of hydrogen-bond acceptors (Lipinski definition) is 5. The molecule has 1 aliphatic heterocycles. The second-order valence-electron chi connectivity index (χ2n) is 9.16. The lowest BCUT2D eigenvalue weighted by Gasteiger charge is -2.45. The molecule has 32 heavy (non-hydrogen) atoms. The van der Waals surface area contributed by atoms with E-state index < -0.39 is 5.60 Å². The number of aliphatic hydroxyl groups is 1. The number of ether oxygens (including phenoxy) is 1. The predicted molar refractivity (Wildman–Crippen MR) is 121 cm³/mol. The van der Waals surface area contributed by atoms with Gasteiger partial charge in [-0.15, -0.1) is 0 Å². The maximum Gasteiger partial charge on any atom is 0.410 e. The van der Waals surface area contributed by atoms with Gasteiger partial charge in [-0.1, -0.05) is 30.3 Å². The molecular formula is C25H31N3O4. The summed E-state index contributed by atoms with van der Waals surface area (Å²) in [6.07, 6.45) is 4.85. The molecule has 170 valence electrons. The van der Waals surface area contributed by atoms with Crippen molar-refractivity contribution in [3.05, 3.63) is 53.9 Å². The number of carbonyl (C=O) groups is 2. The van der Waals surface area contributed by atoms with Gasteiger partial charge >= 0.3 is 6.09 Å². The second-order valence-corrected chi connectivity index (χ2v) is 9.16. The number of amides is 2. The molecule has 1 aromatic carbocycles. The van der Waals surface area contributed by atoms with Crippen LogP contribution in [0.15, 0.2) is 42.6 Å². The number of benzene rings is 1. The van der Waals surface area contributed by atoms with Crippen LogP contribution in [0, 0.1) is 0 Å². The van der Waals surface area contributed by atoms with E-state index in [0.717, 1.165) is 36.0 Å². The Kier molecular flexibility index (Phi) is 6.20. The molecule has 1 aliphatic carbocycles. The van der Waals surface area contributed by atoms with Crippen LogP contribution in [-0.4, -0.2) is 64.2 Å². The molecule has 1 N–H and O–H groups in total. The van der Waals surface area contributed by atoms with Crippen LogP contribution in [0.25, 0.3) is 11.1 Å². The van der Waals surface area contributed by atoms with Crippen molar-refractivity contribution in [2.24, 2.45) is 0 Å². The van der Waals surface area contributed by atoms with Gasteiger partial charge in [0.25, 0.3) is 5.91 Å². The van der Waals surface area contributed by atoms with Crippen LogP contribution < -0.4 is 0 Å². The van der Waals surface area contributed by atoms with Crippen molar-refractivity contribution in [3.8, 4) is 11.1 Å². The lowest BCUT2D eigenvalue weighted by Crippen LogP contribution is -2.52. The molecule has 7 heteroatoms. The minimum absolute atomic E-state index is 0.0960. The normalized spacial score (nSPS) is 24.2. The first kappa shape index (κ1) is 22.3. The Balaban J connectivity index is 1.42. The summed E-state index contributed by atoms with van der Waals surface area (Å²) in [7, 11) is 3.41. The number of rotatable bonds is 4. The summed E-state index contributed by atoms with van der Waals surface area (Å²) in [6.45, 7) is 2.67. The summed E-state index contributed by atoms with van der Waals surface area (Å²) >= 11 is 0. The molecule has 1 atom stereocenters. The highest BCUT2D eigenvalue weighted by atomic mass is 16.6. The first-order chi connectivity index (χ1) is 15.3. The SMILES string of the molecule is CC(c1ccc(-c2ccc(C(=O)N(C)C)nc2)cc1)N1CCC2(CCC(O)CC2)OC1=O. The molecule has 2 aromatic rings. The molecule has 0 bridgehead atoms. The van der Waals surface area contributed by atoms with Gasteiger partial charge in [0, 0.05) is 38.8 Å². The van der Waals surface area contributed by atoms with Crippen LogP contribution in [0.5, 0.6) is 0 Å². The largest absolute Gasteiger partial charge is 0.443 e. The number of hydrogen-bond donors (Lipinski definition) is 1. The minimum Gasteiger partial charge on any atom is -0.443 e. The summed E-state index contributed by atoms with van der Waals surface area (Å²) in [5.74, 6) is -0.125. The highest BCUT2D eigenvalue weighted by Crippen LogP contribution is 2.39. The fourth-order valence-electron chi connectivity index (χ4n) is 4.60. The molecule has 1 unspecified atom stereocenters. The molecule has 1 saturated heterocycles. The zero-order valence-corrected chi connectivity index (χ0v) is 19.0. The molecule has 2 aliphatic rings. The molecule has 1 spiro atoms. The van der Waals surface area contributed by atoms with E-state index in [9.17, 15) is 14.7 Å². The highest BCUT2D eigenvalue weighted by Gasteiger charge is 2.44. The quantitative estimate of drug-likeness (QED) is 0.781. The van der Waals surface area contributed by atoms with Gasteiger partial charge in [-0.05, 0) is 49.8 Å². The van der Waals surface area contributed by atoms with Crippen molar-refractivity contribution >= 4 is 12.0 Å². The Labute approximate surface area is 189 Å². The van der Waals surface area contributed by atoms with Gasteiger partial charge in [0.2, 0.25) is 0 Å². The standard InChI is InChI=1S/C25H31N3O4/c1-17(28-15-14-25(32-24(28)31)12-10-21(29)11-13-25)18-4-6-19(7-5-18)20-8-9-22(26-16-20)23(30)27(2)3/h4-9,16-17,21,29H,10-15H2,1-3H3. The van der Waals surface area contributed by atoms with Gasteiger partial charge in [-0.2, -0.15) is 0 Å². The molecular weight excluding hydrogens is 406 g/mol. The van der Waals surface area contributed by atoms with Crippen molar-refractivity contribution in [1.29, 1.82) is 0 Å². The monoisotopic (exact) mass is 437 g/mol. The van der Waals surface area contributed by atoms with E-state index in [0.29, 0.717) is 25.1 Å². The molecule has 4 rings (SSSR count).